The Bertz CT molecular complexity index is 639. The first-order valence-electron chi connectivity index (χ1n) is 7.34. The molecule has 1 fully saturated rings. The molecule has 3 heterocycles. The molecule has 0 unspecified atom stereocenters. The number of anilines is 2. The van der Waals surface area contributed by atoms with Crippen LogP contribution in [0.2, 0.25) is 0 Å². The molecular weight excluding hydrogens is 280 g/mol. The SMILES string of the molecule is CC(=O)N1CCC(c2nccnc2Nc2ncccn2)CC1. The fourth-order valence-electron chi connectivity index (χ4n) is 2.68. The summed E-state index contributed by atoms with van der Waals surface area (Å²) in [6, 6.07) is 1.76. The molecule has 1 N–H and O–H groups in total. The average Bonchev–Trinajstić information content (AvgIpc) is 2.56. The van der Waals surface area contributed by atoms with Gasteiger partial charge in [0.05, 0.1) is 5.69 Å². The quantitative estimate of drug-likeness (QED) is 0.929. The van der Waals surface area contributed by atoms with Crippen molar-refractivity contribution < 1.29 is 4.79 Å². The van der Waals surface area contributed by atoms with Crippen LogP contribution < -0.4 is 5.32 Å². The number of likely N-dealkylation sites (tertiary alicyclic amines) is 1. The first-order chi connectivity index (χ1) is 10.7. The zero-order valence-electron chi connectivity index (χ0n) is 12.4. The minimum atomic E-state index is 0.133. The number of nitrogens with zero attached hydrogens (tertiary/aromatic N) is 5. The lowest BCUT2D eigenvalue weighted by Gasteiger charge is -2.31. The number of aromatic nitrogens is 4. The number of rotatable bonds is 3. The third kappa shape index (κ3) is 3.19. The van der Waals surface area contributed by atoms with Gasteiger partial charge in [-0.1, -0.05) is 0 Å². The van der Waals surface area contributed by atoms with E-state index in [2.05, 4.69) is 25.3 Å². The van der Waals surface area contributed by atoms with Gasteiger partial charge in [-0.05, 0) is 18.9 Å². The molecule has 3 rings (SSSR count). The molecule has 0 aliphatic carbocycles. The van der Waals surface area contributed by atoms with Gasteiger partial charge in [-0.2, -0.15) is 0 Å². The van der Waals surface area contributed by atoms with Gasteiger partial charge in [0.15, 0.2) is 5.82 Å². The van der Waals surface area contributed by atoms with Crippen LogP contribution in [0.25, 0.3) is 0 Å². The molecule has 7 heteroatoms. The van der Waals surface area contributed by atoms with E-state index >= 15 is 0 Å². The summed E-state index contributed by atoms with van der Waals surface area (Å²) in [5.74, 6) is 1.62. The molecule has 1 amide bonds. The number of piperidine rings is 1. The average molecular weight is 298 g/mol. The molecule has 0 spiro atoms. The van der Waals surface area contributed by atoms with Gasteiger partial charge in [-0.15, -0.1) is 0 Å². The highest BCUT2D eigenvalue weighted by atomic mass is 16.2. The van der Waals surface area contributed by atoms with E-state index in [0.29, 0.717) is 11.8 Å². The summed E-state index contributed by atoms with van der Waals surface area (Å²) < 4.78 is 0. The maximum absolute atomic E-state index is 11.4. The predicted molar refractivity (Wildman–Crippen MR) is 81.6 cm³/mol. The largest absolute Gasteiger partial charge is 0.343 e. The molecule has 0 aromatic carbocycles. The highest BCUT2D eigenvalue weighted by molar-refractivity contribution is 5.73. The Kier molecular flexibility index (Phi) is 4.22. The second kappa shape index (κ2) is 6.46. The Hall–Kier alpha value is -2.57. The van der Waals surface area contributed by atoms with Crippen LogP contribution in [-0.4, -0.2) is 43.8 Å². The van der Waals surface area contributed by atoms with Crippen molar-refractivity contribution in [3.8, 4) is 0 Å². The number of carbonyl (C=O) groups is 1. The van der Waals surface area contributed by atoms with Crippen molar-refractivity contribution in [3.05, 3.63) is 36.5 Å². The number of hydrogen-bond donors (Lipinski definition) is 1. The van der Waals surface area contributed by atoms with Gasteiger partial charge < -0.3 is 10.2 Å². The minimum absolute atomic E-state index is 0.133. The van der Waals surface area contributed by atoms with Crippen molar-refractivity contribution in [1.82, 2.24) is 24.8 Å². The van der Waals surface area contributed by atoms with Crippen molar-refractivity contribution in [1.29, 1.82) is 0 Å². The molecule has 22 heavy (non-hydrogen) atoms. The van der Waals surface area contributed by atoms with E-state index in [1.165, 1.54) is 0 Å². The Morgan fingerprint density at radius 2 is 1.77 bits per heavy atom. The van der Waals surface area contributed by atoms with Gasteiger partial charge in [0.1, 0.15) is 0 Å². The maximum atomic E-state index is 11.4. The highest BCUT2D eigenvalue weighted by Gasteiger charge is 2.25. The normalized spacial score (nSPS) is 15.6. The van der Waals surface area contributed by atoms with E-state index in [1.54, 1.807) is 37.8 Å². The van der Waals surface area contributed by atoms with Gasteiger partial charge in [-0.25, -0.2) is 15.0 Å². The fraction of sp³-hybridized carbons (Fsp3) is 0.400. The first kappa shape index (κ1) is 14.4. The van der Waals surface area contributed by atoms with E-state index in [0.717, 1.165) is 31.6 Å². The molecule has 114 valence electrons. The Labute approximate surface area is 128 Å². The molecule has 2 aromatic rings. The predicted octanol–water partition coefficient (Wildman–Crippen LogP) is 1.74. The van der Waals surface area contributed by atoms with Crippen LogP contribution in [0.5, 0.6) is 0 Å². The van der Waals surface area contributed by atoms with Crippen LogP contribution in [0.3, 0.4) is 0 Å². The highest BCUT2D eigenvalue weighted by Crippen LogP contribution is 2.30. The van der Waals surface area contributed by atoms with E-state index in [4.69, 9.17) is 0 Å². The molecule has 0 saturated carbocycles. The van der Waals surface area contributed by atoms with Crippen LogP contribution in [-0.2, 0) is 4.79 Å². The molecule has 0 bridgehead atoms. The van der Waals surface area contributed by atoms with Gasteiger partial charge in [0.25, 0.3) is 0 Å². The lowest BCUT2D eigenvalue weighted by Crippen LogP contribution is -2.36. The van der Waals surface area contributed by atoms with Crippen LogP contribution >= 0.6 is 0 Å². The Morgan fingerprint density at radius 3 is 2.45 bits per heavy atom. The summed E-state index contributed by atoms with van der Waals surface area (Å²) >= 11 is 0. The standard InChI is InChI=1S/C15H18N6O/c1-11(22)21-9-3-12(4-10-21)13-14(17-8-7-16-13)20-15-18-5-2-6-19-15/h2,5-8,12H,3-4,9-10H2,1H3,(H,17,18,19,20). The monoisotopic (exact) mass is 298 g/mol. The maximum Gasteiger partial charge on any atom is 0.228 e. The van der Waals surface area contributed by atoms with E-state index in [1.807, 2.05) is 4.90 Å². The van der Waals surface area contributed by atoms with E-state index in [-0.39, 0.29) is 11.8 Å². The molecule has 2 aromatic heterocycles. The summed E-state index contributed by atoms with van der Waals surface area (Å²) in [5, 5.41) is 3.13. The lowest BCUT2D eigenvalue weighted by molar-refractivity contribution is -0.129. The summed E-state index contributed by atoms with van der Waals surface area (Å²) in [6.07, 6.45) is 8.49. The Balaban J connectivity index is 1.76. The zero-order valence-corrected chi connectivity index (χ0v) is 12.4. The first-order valence-corrected chi connectivity index (χ1v) is 7.34. The Morgan fingerprint density at radius 1 is 1.09 bits per heavy atom. The number of carbonyl (C=O) groups excluding carboxylic acids is 1. The lowest BCUT2D eigenvalue weighted by atomic mass is 9.93. The van der Waals surface area contributed by atoms with Crippen molar-refractivity contribution in [3.63, 3.8) is 0 Å². The van der Waals surface area contributed by atoms with Gasteiger partial charge in [0, 0.05) is 50.7 Å². The van der Waals surface area contributed by atoms with Crippen LogP contribution in [0.4, 0.5) is 11.8 Å². The van der Waals surface area contributed by atoms with Crippen LogP contribution in [0.15, 0.2) is 30.9 Å². The molecule has 1 aliphatic rings. The summed E-state index contributed by atoms with van der Waals surface area (Å²) in [5.41, 5.74) is 0.915. The third-order valence-electron chi connectivity index (χ3n) is 3.85. The van der Waals surface area contributed by atoms with Gasteiger partial charge >= 0.3 is 0 Å². The topological polar surface area (TPSA) is 83.9 Å². The molecule has 0 radical (unpaired) electrons. The van der Waals surface area contributed by atoms with E-state index in [9.17, 15) is 4.79 Å². The third-order valence-corrected chi connectivity index (χ3v) is 3.85. The van der Waals surface area contributed by atoms with Gasteiger partial charge in [0.2, 0.25) is 11.9 Å². The summed E-state index contributed by atoms with van der Waals surface area (Å²) in [4.78, 5) is 30.5. The van der Waals surface area contributed by atoms with Crippen LogP contribution in [0.1, 0.15) is 31.4 Å². The molecule has 1 aliphatic heterocycles. The molecular formula is C15H18N6O. The van der Waals surface area contributed by atoms with Gasteiger partial charge in [-0.3, -0.25) is 9.78 Å². The smallest absolute Gasteiger partial charge is 0.228 e. The minimum Gasteiger partial charge on any atom is -0.343 e. The fourth-order valence-corrected chi connectivity index (χ4v) is 2.68. The van der Waals surface area contributed by atoms with Crippen molar-refractivity contribution in [2.24, 2.45) is 0 Å². The second-order valence-electron chi connectivity index (χ2n) is 5.27. The molecule has 0 atom stereocenters. The summed E-state index contributed by atoms with van der Waals surface area (Å²) in [7, 11) is 0. The number of amides is 1. The van der Waals surface area contributed by atoms with Crippen molar-refractivity contribution in [2.75, 3.05) is 18.4 Å². The number of hydrogen-bond acceptors (Lipinski definition) is 6. The summed E-state index contributed by atoms with van der Waals surface area (Å²) in [6.45, 7) is 3.14. The van der Waals surface area contributed by atoms with Crippen LogP contribution in [0, 0.1) is 0 Å². The van der Waals surface area contributed by atoms with Crippen molar-refractivity contribution >= 4 is 17.7 Å². The zero-order chi connectivity index (χ0) is 15.4. The van der Waals surface area contributed by atoms with Crippen molar-refractivity contribution in [2.45, 2.75) is 25.7 Å². The second-order valence-corrected chi connectivity index (χ2v) is 5.27. The molecule has 1 saturated heterocycles. The van der Waals surface area contributed by atoms with E-state index < -0.39 is 0 Å². The molecule has 7 nitrogen and oxygen atoms in total. The number of nitrogens with one attached hydrogen (secondary N) is 1.